The lowest BCUT2D eigenvalue weighted by atomic mass is 10.2. The lowest BCUT2D eigenvalue weighted by Crippen LogP contribution is -2.19. The molecule has 0 aliphatic heterocycles. The summed E-state index contributed by atoms with van der Waals surface area (Å²) in [6.07, 6.45) is 1.79. The fourth-order valence-corrected chi connectivity index (χ4v) is 2.21. The number of carbonyl (C=O) groups is 1. The summed E-state index contributed by atoms with van der Waals surface area (Å²) >= 11 is 1.28. The largest absolute Gasteiger partial charge is 0.462 e. The highest BCUT2D eigenvalue weighted by molar-refractivity contribution is 7.98. The van der Waals surface area contributed by atoms with Crippen LogP contribution in [-0.4, -0.2) is 23.8 Å². The van der Waals surface area contributed by atoms with Gasteiger partial charge in [0.25, 0.3) is 0 Å². The molecular formula is C14H14N2O3S. The first-order chi connectivity index (χ1) is 9.67. The van der Waals surface area contributed by atoms with Crippen molar-refractivity contribution in [3.05, 3.63) is 41.4 Å². The number of esters is 1. The number of aromatic nitrogens is 1. The van der Waals surface area contributed by atoms with Crippen LogP contribution in [0.2, 0.25) is 0 Å². The van der Waals surface area contributed by atoms with Gasteiger partial charge in [0.15, 0.2) is 5.56 Å². The van der Waals surface area contributed by atoms with Gasteiger partial charge in [-0.05, 0) is 25.3 Å². The van der Waals surface area contributed by atoms with Gasteiger partial charge in [0.1, 0.15) is 5.03 Å². The van der Waals surface area contributed by atoms with Crippen molar-refractivity contribution in [1.82, 2.24) is 4.98 Å². The molecule has 104 valence electrons. The van der Waals surface area contributed by atoms with Gasteiger partial charge in [0, 0.05) is 5.56 Å². The molecule has 0 saturated heterocycles. The predicted molar refractivity (Wildman–Crippen MR) is 75.5 cm³/mol. The number of ether oxygens (including phenoxy) is 1. The van der Waals surface area contributed by atoms with Crippen molar-refractivity contribution >= 4 is 17.7 Å². The number of nitrogens with one attached hydrogen (secondary N) is 1. The molecule has 0 bridgehead atoms. The Bertz CT molecular complexity index is 668. The van der Waals surface area contributed by atoms with Crippen molar-refractivity contribution < 1.29 is 13.9 Å². The molecule has 0 unspecified atom stereocenters. The highest BCUT2D eigenvalue weighted by atomic mass is 32.2. The molecule has 2 aromatic rings. The van der Waals surface area contributed by atoms with Crippen molar-refractivity contribution in [2.75, 3.05) is 12.9 Å². The second-order valence-corrected chi connectivity index (χ2v) is 4.61. The van der Waals surface area contributed by atoms with Gasteiger partial charge in [0.05, 0.1) is 6.61 Å². The van der Waals surface area contributed by atoms with Crippen LogP contribution in [0.1, 0.15) is 17.3 Å². The lowest BCUT2D eigenvalue weighted by Gasteiger charge is -2.07. The Morgan fingerprint density at radius 2 is 2.10 bits per heavy atom. The quantitative estimate of drug-likeness (QED) is 0.692. The van der Waals surface area contributed by atoms with E-state index in [1.54, 1.807) is 13.2 Å². The minimum Gasteiger partial charge on any atom is -0.462 e. The number of nitrogens with zero attached hydrogens (tertiary/aromatic N) is 1. The smallest absolute Gasteiger partial charge is 0.346 e. The zero-order valence-electron chi connectivity index (χ0n) is 11.2. The first-order valence-corrected chi connectivity index (χ1v) is 7.26. The SMILES string of the molecule is CCOC(=O)c1c(SC)nc(-c2ccccc2)oc1=N. The molecule has 0 aliphatic rings. The normalized spacial score (nSPS) is 10.3. The molecule has 1 N–H and O–H groups in total. The third kappa shape index (κ3) is 2.91. The second-order valence-electron chi connectivity index (χ2n) is 3.82. The number of hydrogen-bond donors (Lipinski definition) is 1. The Labute approximate surface area is 120 Å². The van der Waals surface area contributed by atoms with Crippen LogP contribution in [0.3, 0.4) is 0 Å². The summed E-state index contributed by atoms with van der Waals surface area (Å²) in [5, 5.41) is 8.32. The van der Waals surface area contributed by atoms with Crippen LogP contribution in [0, 0.1) is 5.41 Å². The number of thioether (sulfide) groups is 1. The van der Waals surface area contributed by atoms with Crippen LogP contribution in [0.25, 0.3) is 11.5 Å². The molecule has 1 aromatic heterocycles. The standard InChI is InChI=1S/C14H14N2O3S/c1-3-18-14(17)10-11(15)19-12(16-13(10)20-2)9-7-5-4-6-8-9/h4-8,15H,3H2,1-2H3. The zero-order chi connectivity index (χ0) is 14.5. The third-order valence-electron chi connectivity index (χ3n) is 2.54. The van der Waals surface area contributed by atoms with E-state index in [-0.39, 0.29) is 17.7 Å². The summed E-state index contributed by atoms with van der Waals surface area (Å²) in [7, 11) is 0. The van der Waals surface area contributed by atoms with Gasteiger partial charge in [-0.25, -0.2) is 9.78 Å². The fourth-order valence-electron chi connectivity index (χ4n) is 1.65. The van der Waals surface area contributed by atoms with Crippen LogP contribution in [-0.2, 0) is 4.74 Å². The lowest BCUT2D eigenvalue weighted by molar-refractivity contribution is 0.0514. The van der Waals surface area contributed by atoms with Crippen molar-refractivity contribution in [3.8, 4) is 11.5 Å². The van der Waals surface area contributed by atoms with Gasteiger partial charge in [0.2, 0.25) is 11.4 Å². The van der Waals surface area contributed by atoms with Gasteiger partial charge < -0.3 is 9.15 Å². The van der Waals surface area contributed by atoms with Crippen molar-refractivity contribution in [2.45, 2.75) is 11.9 Å². The molecule has 0 atom stereocenters. The van der Waals surface area contributed by atoms with E-state index in [0.717, 1.165) is 5.56 Å². The third-order valence-corrected chi connectivity index (χ3v) is 3.22. The molecule has 5 nitrogen and oxygen atoms in total. The molecule has 0 fully saturated rings. The van der Waals surface area contributed by atoms with Gasteiger partial charge >= 0.3 is 5.97 Å². The first-order valence-electron chi connectivity index (χ1n) is 6.03. The summed E-state index contributed by atoms with van der Waals surface area (Å²) in [6.45, 7) is 1.95. The molecule has 20 heavy (non-hydrogen) atoms. The van der Waals surface area contributed by atoms with Crippen LogP contribution in [0.4, 0.5) is 0 Å². The van der Waals surface area contributed by atoms with Crippen molar-refractivity contribution in [2.24, 2.45) is 0 Å². The van der Waals surface area contributed by atoms with E-state index < -0.39 is 5.97 Å². The molecule has 0 radical (unpaired) electrons. The minimum absolute atomic E-state index is 0.0685. The molecular weight excluding hydrogens is 276 g/mol. The Morgan fingerprint density at radius 3 is 2.70 bits per heavy atom. The fraction of sp³-hybridized carbons (Fsp3) is 0.214. The van der Waals surface area contributed by atoms with E-state index >= 15 is 0 Å². The summed E-state index contributed by atoms with van der Waals surface area (Å²) in [5.41, 5.74) is 0.590. The Morgan fingerprint density at radius 1 is 1.40 bits per heavy atom. The minimum atomic E-state index is -0.585. The Balaban J connectivity index is 2.54. The highest BCUT2D eigenvalue weighted by Crippen LogP contribution is 2.21. The van der Waals surface area contributed by atoms with Gasteiger partial charge in [-0.2, -0.15) is 0 Å². The monoisotopic (exact) mass is 290 g/mol. The molecule has 1 heterocycles. The Kier molecular flexibility index (Phi) is 4.57. The number of hydrogen-bond acceptors (Lipinski definition) is 6. The first kappa shape index (κ1) is 14.3. The van der Waals surface area contributed by atoms with E-state index in [1.165, 1.54) is 11.8 Å². The number of benzene rings is 1. The van der Waals surface area contributed by atoms with Crippen LogP contribution < -0.4 is 5.55 Å². The van der Waals surface area contributed by atoms with Gasteiger partial charge in [-0.1, -0.05) is 18.2 Å². The van der Waals surface area contributed by atoms with Crippen LogP contribution in [0.5, 0.6) is 0 Å². The average Bonchev–Trinajstić information content (AvgIpc) is 2.47. The zero-order valence-corrected chi connectivity index (χ0v) is 12.0. The maximum absolute atomic E-state index is 11.8. The maximum Gasteiger partial charge on any atom is 0.346 e. The number of carbonyl (C=O) groups excluding carboxylic acids is 1. The average molecular weight is 290 g/mol. The molecule has 0 amide bonds. The van der Waals surface area contributed by atoms with E-state index in [4.69, 9.17) is 14.6 Å². The predicted octanol–water partition coefficient (Wildman–Crippen LogP) is 2.72. The summed E-state index contributed by atoms with van der Waals surface area (Å²) in [4.78, 5) is 16.1. The van der Waals surface area contributed by atoms with Gasteiger partial charge in [-0.3, -0.25) is 5.41 Å². The van der Waals surface area contributed by atoms with E-state index in [2.05, 4.69) is 4.98 Å². The molecule has 0 saturated carbocycles. The Hall–Kier alpha value is -2.08. The van der Waals surface area contributed by atoms with Crippen molar-refractivity contribution in [1.29, 1.82) is 5.41 Å². The van der Waals surface area contributed by atoms with Crippen LogP contribution in [0.15, 0.2) is 39.8 Å². The van der Waals surface area contributed by atoms with Gasteiger partial charge in [-0.15, -0.1) is 11.8 Å². The molecule has 0 aliphatic carbocycles. The maximum atomic E-state index is 11.8. The highest BCUT2D eigenvalue weighted by Gasteiger charge is 2.19. The van der Waals surface area contributed by atoms with E-state index in [9.17, 15) is 4.79 Å². The number of rotatable bonds is 4. The van der Waals surface area contributed by atoms with E-state index in [0.29, 0.717) is 10.9 Å². The topological polar surface area (TPSA) is 76.2 Å². The molecule has 1 aromatic carbocycles. The molecule has 2 rings (SSSR count). The van der Waals surface area contributed by atoms with E-state index in [1.807, 2.05) is 30.3 Å². The molecule has 0 spiro atoms. The molecule has 6 heteroatoms. The van der Waals surface area contributed by atoms with Crippen LogP contribution >= 0.6 is 11.8 Å². The second kappa shape index (κ2) is 6.38. The summed E-state index contributed by atoms with van der Waals surface area (Å²) < 4.78 is 10.3. The summed E-state index contributed by atoms with van der Waals surface area (Å²) in [6, 6.07) is 9.26. The summed E-state index contributed by atoms with van der Waals surface area (Å²) in [5.74, 6) is -0.272. The van der Waals surface area contributed by atoms with Crippen molar-refractivity contribution in [3.63, 3.8) is 0 Å².